The Labute approximate surface area is 144 Å². The Balaban J connectivity index is 1.88. The molecule has 0 aliphatic carbocycles. The molecule has 1 aliphatic heterocycles. The van der Waals surface area contributed by atoms with Crippen LogP contribution in [0.15, 0.2) is 42.7 Å². The van der Waals surface area contributed by atoms with Crippen molar-refractivity contribution in [2.75, 3.05) is 0 Å². The third kappa shape index (κ3) is 4.14. The van der Waals surface area contributed by atoms with Gasteiger partial charge in [0.05, 0.1) is 6.10 Å². The number of pyridine rings is 1. The molecule has 25 heavy (non-hydrogen) atoms. The Kier molecular flexibility index (Phi) is 4.96. The molecule has 1 fully saturated rings. The van der Waals surface area contributed by atoms with Crippen LogP contribution in [0.1, 0.15) is 42.2 Å². The summed E-state index contributed by atoms with van der Waals surface area (Å²) >= 11 is 0. The number of cyclic esters (lactones) is 1. The summed E-state index contributed by atoms with van der Waals surface area (Å²) in [6.07, 6.45) is 1.87. The van der Waals surface area contributed by atoms with Gasteiger partial charge in [0.15, 0.2) is 6.10 Å². The first-order chi connectivity index (χ1) is 12.0. The highest BCUT2D eigenvalue weighted by molar-refractivity contribution is 5.71. The number of nitrogens with zero attached hydrogens (tertiary/aromatic N) is 1. The normalized spacial score (nSPS) is 20.2. The van der Waals surface area contributed by atoms with Crippen LogP contribution in [0.5, 0.6) is 0 Å². The van der Waals surface area contributed by atoms with Crippen LogP contribution in [0.25, 0.3) is 0 Å². The van der Waals surface area contributed by atoms with Crippen LogP contribution in [-0.2, 0) is 4.74 Å². The maximum atomic E-state index is 13.5. The minimum Gasteiger partial charge on any atom is -0.439 e. The molecule has 1 saturated heterocycles. The number of alkyl carbamates (subject to hydrolysis) is 1. The minimum absolute atomic E-state index is 0.361. The van der Waals surface area contributed by atoms with E-state index in [0.29, 0.717) is 23.1 Å². The number of hydrogen-bond acceptors (Lipinski definition) is 4. The maximum Gasteiger partial charge on any atom is 0.408 e. The van der Waals surface area contributed by atoms with Gasteiger partial charge in [0, 0.05) is 24.4 Å². The van der Waals surface area contributed by atoms with Crippen LogP contribution in [0.3, 0.4) is 0 Å². The van der Waals surface area contributed by atoms with Crippen LogP contribution in [0, 0.1) is 17.7 Å². The van der Waals surface area contributed by atoms with Gasteiger partial charge in [0.25, 0.3) is 0 Å². The van der Waals surface area contributed by atoms with E-state index in [1.54, 1.807) is 37.5 Å². The zero-order chi connectivity index (χ0) is 17.8. The van der Waals surface area contributed by atoms with Crippen molar-refractivity contribution >= 4 is 6.09 Å². The lowest BCUT2D eigenvalue weighted by molar-refractivity contribution is 0.132. The summed E-state index contributed by atoms with van der Waals surface area (Å²) < 4.78 is 18.8. The largest absolute Gasteiger partial charge is 0.439 e. The zero-order valence-corrected chi connectivity index (χ0v) is 13.6. The summed E-state index contributed by atoms with van der Waals surface area (Å²) in [5, 5.41) is 12.0. The zero-order valence-electron chi connectivity index (χ0n) is 13.6. The number of carbonyl (C=O) groups excluding carboxylic acids is 1. The Bertz CT molecular complexity index is 842. The lowest BCUT2D eigenvalue weighted by atomic mass is 9.97. The van der Waals surface area contributed by atoms with Crippen molar-refractivity contribution in [1.82, 2.24) is 10.3 Å². The highest BCUT2D eigenvalue weighted by Crippen LogP contribution is 2.36. The van der Waals surface area contributed by atoms with Crippen LogP contribution in [-0.4, -0.2) is 22.3 Å². The van der Waals surface area contributed by atoms with E-state index >= 15 is 0 Å². The average Bonchev–Trinajstić information content (AvgIpc) is 2.97. The lowest BCUT2D eigenvalue weighted by Gasteiger charge is -2.17. The standard InChI is InChI=1S/C19H17FN2O3/c1-12(23)4-2-5-13-8-15(11-21-10-13)17-18(25-19(24)22-17)14-6-3-7-16(20)9-14/h3,6-12,17-18,23H,4H2,1H3,(H,22,24)/t12?,17-,18-/m1/s1. The van der Waals surface area contributed by atoms with E-state index < -0.39 is 30.2 Å². The summed E-state index contributed by atoms with van der Waals surface area (Å²) in [7, 11) is 0. The van der Waals surface area contributed by atoms with Crippen LogP contribution >= 0.6 is 0 Å². The fourth-order valence-electron chi connectivity index (χ4n) is 2.62. The highest BCUT2D eigenvalue weighted by atomic mass is 19.1. The predicted molar refractivity (Wildman–Crippen MR) is 88.9 cm³/mol. The highest BCUT2D eigenvalue weighted by Gasteiger charge is 2.36. The van der Waals surface area contributed by atoms with E-state index in [2.05, 4.69) is 22.1 Å². The molecule has 0 bridgehead atoms. The Morgan fingerprint density at radius 2 is 2.20 bits per heavy atom. The Morgan fingerprint density at radius 3 is 2.96 bits per heavy atom. The van der Waals surface area contributed by atoms with Crippen molar-refractivity contribution in [3.05, 3.63) is 65.2 Å². The first-order valence-corrected chi connectivity index (χ1v) is 7.87. The number of hydrogen-bond donors (Lipinski definition) is 2. The van der Waals surface area contributed by atoms with Gasteiger partial charge in [0.2, 0.25) is 0 Å². The van der Waals surface area contributed by atoms with E-state index in [1.165, 1.54) is 12.1 Å². The third-order valence-electron chi connectivity index (χ3n) is 3.74. The van der Waals surface area contributed by atoms with Gasteiger partial charge in [0.1, 0.15) is 11.9 Å². The van der Waals surface area contributed by atoms with Crippen molar-refractivity contribution in [3.8, 4) is 11.8 Å². The smallest absolute Gasteiger partial charge is 0.408 e. The first-order valence-electron chi connectivity index (χ1n) is 7.87. The monoisotopic (exact) mass is 340 g/mol. The number of benzene rings is 1. The van der Waals surface area contributed by atoms with Crippen molar-refractivity contribution in [2.24, 2.45) is 0 Å². The molecule has 2 N–H and O–H groups in total. The topological polar surface area (TPSA) is 71.5 Å². The molecule has 1 aromatic heterocycles. The van der Waals surface area contributed by atoms with Gasteiger partial charge < -0.3 is 15.2 Å². The molecule has 2 aromatic rings. The summed E-state index contributed by atoms with van der Waals surface area (Å²) in [6, 6.07) is 7.28. The second-order valence-electron chi connectivity index (χ2n) is 5.86. The number of rotatable bonds is 3. The van der Waals surface area contributed by atoms with Crippen molar-refractivity contribution in [1.29, 1.82) is 0 Å². The molecule has 1 amide bonds. The second-order valence-corrected chi connectivity index (χ2v) is 5.86. The van der Waals surface area contributed by atoms with Gasteiger partial charge in [-0.05, 0) is 36.2 Å². The second kappa shape index (κ2) is 7.32. The van der Waals surface area contributed by atoms with E-state index in [9.17, 15) is 14.3 Å². The van der Waals surface area contributed by atoms with Crippen molar-refractivity contribution in [2.45, 2.75) is 31.6 Å². The molecule has 3 rings (SSSR count). The number of aliphatic hydroxyl groups excluding tert-OH is 1. The molecule has 1 aliphatic rings. The SMILES string of the molecule is CC(O)CC#Cc1cncc([C@H]2NC(=O)O[C@@H]2c2cccc(F)c2)c1. The van der Waals surface area contributed by atoms with E-state index in [0.717, 1.165) is 0 Å². The molecular weight excluding hydrogens is 323 g/mol. The lowest BCUT2D eigenvalue weighted by Crippen LogP contribution is -2.19. The first kappa shape index (κ1) is 16.9. The number of halogens is 1. The van der Waals surface area contributed by atoms with Gasteiger partial charge in [-0.25, -0.2) is 9.18 Å². The summed E-state index contributed by atoms with van der Waals surface area (Å²) in [5.41, 5.74) is 1.94. The quantitative estimate of drug-likeness (QED) is 0.843. The van der Waals surface area contributed by atoms with Gasteiger partial charge in [-0.1, -0.05) is 24.0 Å². The number of nitrogens with one attached hydrogen (secondary N) is 1. The molecule has 3 atom stereocenters. The molecule has 2 heterocycles. The molecule has 0 spiro atoms. The number of amides is 1. The van der Waals surface area contributed by atoms with Crippen LogP contribution in [0.2, 0.25) is 0 Å². The molecule has 5 nitrogen and oxygen atoms in total. The van der Waals surface area contributed by atoms with Gasteiger partial charge in [-0.15, -0.1) is 0 Å². The number of carbonyl (C=O) groups is 1. The molecule has 0 saturated carbocycles. The summed E-state index contributed by atoms with van der Waals surface area (Å²) in [5.74, 6) is 5.41. The Morgan fingerprint density at radius 1 is 1.36 bits per heavy atom. The van der Waals surface area contributed by atoms with Crippen molar-refractivity contribution < 1.29 is 19.0 Å². The number of aliphatic hydroxyl groups is 1. The Hall–Kier alpha value is -2.91. The molecule has 128 valence electrons. The maximum absolute atomic E-state index is 13.5. The molecular formula is C19H17FN2O3. The fourth-order valence-corrected chi connectivity index (χ4v) is 2.62. The fraction of sp³-hybridized carbons (Fsp3) is 0.263. The minimum atomic E-state index is -0.648. The summed E-state index contributed by atoms with van der Waals surface area (Å²) in [6.45, 7) is 1.67. The third-order valence-corrected chi connectivity index (χ3v) is 3.74. The molecule has 1 aromatic carbocycles. The van der Waals surface area contributed by atoms with E-state index in [4.69, 9.17) is 4.74 Å². The van der Waals surface area contributed by atoms with E-state index in [1.807, 2.05) is 0 Å². The number of ether oxygens (including phenoxy) is 1. The van der Waals surface area contributed by atoms with Gasteiger partial charge in [-0.2, -0.15) is 0 Å². The summed E-state index contributed by atoms with van der Waals surface area (Å²) in [4.78, 5) is 15.9. The van der Waals surface area contributed by atoms with Crippen LogP contribution < -0.4 is 5.32 Å². The van der Waals surface area contributed by atoms with Gasteiger partial charge >= 0.3 is 6.09 Å². The molecule has 6 heteroatoms. The van der Waals surface area contributed by atoms with Gasteiger partial charge in [-0.3, -0.25) is 4.98 Å². The predicted octanol–water partition coefficient (Wildman–Crippen LogP) is 2.87. The average molecular weight is 340 g/mol. The molecule has 1 unspecified atom stereocenters. The molecule has 0 radical (unpaired) electrons. The van der Waals surface area contributed by atoms with E-state index in [-0.39, 0.29) is 0 Å². The van der Waals surface area contributed by atoms with Crippen LogP contribution in [0.4, 0.5) is 9.18 Å². The van der Waals surface area contributed by atoms with Crippen molar-refractivity contribution in [3.63, 3.8) is 0 Å². The number of aromatic nitrogens is 1.